The number of unbranched alkanes of at least 4 members (excludes halogenated alkanes) is 1. The number of aromatic nitrogens is 1. The molecule has 0 aliphatic heterocycles. The molecule has 0 bridgehead atoms. The number of rotatable bonds is 6. The van der Waals surface area contributed by atoms with E-state index in [1.807, 2.05) is 32.0 Å². The van der Waals surface area contributed by atoms with Gasteiger partial charge in [0.2, 0.25) is 5.91 Å². The number of aryl methyl sites for hydroxylation is 1. The zero-order valence-corrected chi connectivity index (χ0v) is 14.6. The largest absolute Gasteiger partial charge is 0.465 e. The van der Waals surface area contributed by atoms with Gasteiger partial charge in [0.05, 0.1) is 16.8 Å². The molecule has 0 aliphatic rings. The summed E-state index contributed by atoms with van der Waals surface area (Å²) in [6.45, 7) is 6.20. The Labute approximate surface area is 139 Å². The first-order valence-corrected chi connectivity index (χ1v) is 8.70. The number of carbonyl (C=O) groups is 2. The highest BCUT2D eigenvalue weighted by atomic mass is 32.1. The molecule has 0 radical (unpaired) electrons. The van der Waals surface area contributed by atoms with Gasteiger partial charge in [-0.15, -0.1) is 0 Å². The van der Waals surface area contributed by atoms with Crippen molar-refractivity contribution in [1.29, 1.82) is 0 Å². The molecule has 0 saturated carbocycles. The number of carbonyl (C=O) groups excluding carboxylic acids is 2. The molecule has 1 amide bonds. The number of fused-ring (bicyclic) bond motifs is 1. The first-order chi connectivity index (χ1) is 11.1. The topological polar surface area (TPSA) is 60.7 Å². The summed E-state index contributed by atoms with van der Waals surface area (Å²) in [5.41, 5.74) is 1.98. The third kappa shape index (κ3) is 4.28. The summed E-state index contributed by atoms with van der Waals surface area (Å²) >= 11 is 1.43. The zero-order chi connectivity index (χ0) is 16.8. The number of hydrogen-bond acceptors (Lipinski definition) is 4. The maximum atomic E-state index is 12.0. The second-order valence-electron chi connectivity index (χ2n) is 5.31. The number of hydrogen-bond donors (Lipinski definition) is 0. The Bertz CT molecular complexity index is 774. The molecule has 0 fully saturated rings. The zero-order valence-electron chi connectivity index (χ0n) is 13.8. The lowest BCUT2D eigenvalue weighted by Crippen LogP contribution is -2.23. The maximum absolute atomic E-state index is 12.0. The molecular weight excluding hydrogens is 312 g/mol. The lowest BCUT2D eigenvalue weighted by Gasteiger charge is -2.06. The summed E-state index contributed by atoms with van der Waals surface area (Å²) in [6.07, 6.45) is 2.21. The minimum Gasteiger partial charge on any atom is -0.465 e. The van der Waals surface area contributed by atoms with Crippen LogP contribution in [0.3, 0.4) is 0 Å². The number of nitrogens with zero attached hydrogens (tertiary/aromatic N) is 2. The SMILES string of the molecule is CCCCC(=O)N=c1sc2cccc(C)c2n1CC(=O)OCC. The van der Waals surface area contributed by atoms with Crippen molar-refractivity contribution in [3.8, 4) is 0 Å². The molecule has 0 aliphatic carbocycles. The molecule has 1 heterocycles. The smallest absolute Gasteiger partial charge is 0.326 e. The van der Waals surface area contributed by atoms with Gasteiger partial charge in [0, 0.05) is 6.42 Å². The number of thiazole rings is 1. The van der Waals surface area contributed by atoms with Crippen molar-refractivity contribution >= 4 is 33.4 Å². The summed E-state index contributed by atoms with van der Waals surface area (Å²) in [6, 6.07) is 5.93. The number of ether oxygens (including phenoxy) is 1. The van der Waals surface area contributed by atoms with Gasteiger partial charge < -0.3 is 9.30 Å². The van der Waals surface area contributed by atoms with Crippen molar-refractivity contribution in [3.05, 3.63) is 28.6 Å². The Morgan fingerprint density at radius 3 is 2.78 bits per heavy atom. The van der Waals surface area contributed by atoms with Crippen molar-refractivity contribution in [1.82, 2.24) is 4.57 Å². The molecular formula is C17H22N2O3S. The monoisotopic (exact) mass is 334 g/mol. The van der Waals surface area contributed by atoms with Crippen molar-refractivity contribution in [2.75, 3.05) is 6.61 Å². The van der Waals surface area contributed by atoms with Crippen LogP contribution in [0.4, 0.5) is 0 Å². The predicted molar refractivity (Wildman–Crippen MR) is 91.3 cm³/mol. The third-order valence-corrected chi connectivity index (χ3v) is 4.50. The summed E-state index contributed by atoms with van der Waals surface area (Å²) in [5, 5.41) is 0. The van der Waals surface area contributed by atoms with Crippen LogP contribution in [-0.4, -0.2) is 23.1 Å². The fourth-order valence-electron chi connectivity index (χ4n) is 2.37. The molecule has 0 saturated heterocycles. The van der Waals surface area contributed by atoms with E-state index in [0.717, 1.165) is 28.6 Å². The van der Waals surface area contributed by atoms with Gasteiger partial charge in [-0.1, -0.05) is 36.8 Å². The summed E-state index contributed by atoms with van der Waals surface area (Å²) in [7, 11) is 0. The lowest BCUT2D eigenvalue weighted by molar-refractivity contribution is -0.143. The van der Waals surface area contributed by atoms with Crippen molar-refractivity contribution in [2.45, 2.75) is 46.6 Å². The molecule has 0 unspecified atom stereocenters. The number of benzene rings is 1. The lowest BCUT2D eigenvalue weighted by atomic mass is 10.2. The van der Waals surface area contributed by atoms with E-state index < -0.39 is 0 Å². The molecule has 2 aromatic rings. The average Bonchev–Trinajstić information content (AvgIpc) is 2.84. The molecule has 124 valence electrons. The van der Waals surface area contributed by atoms with Crippen LogP contribution in [-0.2, 0) is 20.9 Å². The van der Waals surface area contributed by atoms with Gasteiger partial charge in [0.15, 0.2) is 4.80 Å². The molecule has 2 rings (SSSR count). The van der Waals surface area contributed by atoms with Gasteiger partial charge in [0.25, 0.3) is 0 Å². The van der Waals surface area contributed by atoms with Crippen LogP contribution in [0.1, 0.15) is 38.7 Å². The van der Waals surface area contributed by atoms with Crippen LogP contribution < -0.4 is 4.80 Å². The van der Waals surface area contributed by atoms with E-state index in [2.05, 4.69) is 4.99 Å². The highest BCUT2D eigenvalue weighted by Crippen LogP contribution is 2.21. The number of para-hydroxylation sites is 1. The second kappa shape index (κ2) is 8.06. The van der Waals surface area contributed by atoms with Crippen LogP contribution in [0.25, 0.3) is 10.2 Å². The minimum absolute atomic E-state index is 0.0680. The van der Waals surface area contributed by atoms with Crippen molar-refractivity contribution < 1.29 is 14.3 Å². The Morgan fingerprint density at radius 1 is 1.30 bits per heavy atom. The van der Waals surface area contributed by atoms with E-state index in [9.17, 15) is 9.59 Å². The molecule has 23 heavy (non-hydrogen) atoms. The van der Waals surface area contributed by atoms with E-state index >= 15 is 0 Å². The van der Waals surface area contributed by atoms with Crippen LogP contribution in [0.15, 0.2) is 23.2 Å². The first kappa shape index (κ1) is 17.4. The van der Waals surface area contributed by atoms with E-state index in [1.54, 1.807) is 11.5 Å². The molecule has 1 aromatic heterocycles. The van der Waals surface area contributed by atoms with Crippen LogP contribution >= 0.6 is 11.3 Å². The normalized spacial score (nSPS) is 11.9. The van der Waals surface area contributed by atoms with Crippen molar-refractivity contribution in [3.63, 3.8) is 0 Å². The van der Waals surface area contributed by atoms with Gasteiger partial charge in [-0.2, -0.15) is 4.99 Å². The van der Waals surface area contributed by atoms with Gasteiger partial charge in [-0.05, 0) is 31.9 Å². The Hall–Kier alpha value is -1.95. The third-order valence-electron chi connectivity index (χ3n) is 3.46. The van der Waals surface area contributed by atoms with E-state index in [0.29, 0.717) is 17.8 Å². The van der Waals surface area contributed by atoms with Crippen molar-refractivity contribution in [2.24, 2.45) is 4.99 Å². The van der Waals surface area contributed by atoms with Gasteiger partial charge in [-0.3, -0.25) is 9.59 Å². The highest BCUT2D eigenvalue weighted by molar-refractivity contribution is 7.16. The Balaban J connectivity index is 2.50. The number of amides is 1. The van der Waals surface area contributed by atoms with Gasteiger partial charge in [-0.25, -0.2) is 0 Å². The first-order valence-electron chi connectivity index (χ1n) is 7.89. The predicted octanol–water partition coefficient (Wildman–Crippen LogP) is 3.19. The molecule has 6 heteroatoms. The van der Waals surface area contributed by atoms with E-state index in [4.69, 9.17) is 4.74 Å². The Kier molecular flexibility index (Phi) is 6.10. The Morgan fingerprint density at radius 2 is 2.09 bits per heavy atom. The number of esters is 1. The molecule has 0 N–H and O–H groups in total. The van der Waals surface area contributed by atoms with Crippen LogP contribution in [0.5, 0.6) is 0 Å². The van der Waals surface area contributed by atoms with Gasteiger partial charge >= 0.3 is 5.97 Å². The fraction of sp³-hybridized carbons (Fsp3) is 0.471. The quantitative estimate of drug-likeness (QED) is 0.762. The second-order valence-corrected chi connectivity index (χ2v) is 6.32. The minimum atomic E-state index is -0.321. The summed E-state index contributed by atoms with van der Waals surface area (Å²) in [4.78, 5) is 28.7. The van der Waals surface area contributed by atoms with E-state index in [1.165, 1.54) is 11.3 Å². The highest BCUT2D eigenvalue weighted by Gasteiger charge is 2.13. The summed E-state index contributed by atoms with van der Waals surface area (Å²) < 4.78 is 7.85. The maximum Gasteiger partial charge on any atom is 0.326 e. The van der Waals surface area contributed by atoms with Gasteiger partial charge in [0.1, 0.15) is 6.54 Å². The molecule has 1 aromatic carbocycles. The average molecular weight is 334 g/mol. The molecule has 0 spiro atoms. The fourth-order valence-corrected chi connectivity index (χ4v) is 3.49. The van der Waals surface area contributed by atoms with Crippen LogP contribution in [0, 0.1) is 6.92 Å². The molecule has 0 atom stereocenters. The summed E-state index contributed by atoms with van der Waals surface area (Å²) in [5.74, 6) is -0.466. The van der Waals surface area contributed by atoms with Crippen LogP contribution in [0.2, 0.25) is 0 Å². The standard InChI is InChI=1S/C17H22N2O3S/c1-4-6-10-14(20)18-17-19(11-15(21)22-5-2)16-12(3)8-7-9-13(16)23-17/h7-9H,4-6,10-11H2,1-3H3. The van der Waals surface area contributed by atoms with E-state index in [-0.39, 0.29) is 18.4 Å². The molecule has 5 nitrogen and oxygen atoms in total.